The predicted octanol–water partition coefficient (Wildman–Crippen LogP) is 5.98. The Morgan fingerprint density at radius 3 is 2.62 bits per heavy atom. The molecule has 8 heteroatoms. The zero-order valence-corrected chi connectivity index (χ0v) is 22.4. The minimum absolute atomic E-state index is 0.367. The average Bonchev–Trinajstić information content (AvgIpc) is 3.32. The fourth-order valence-corrected chi connectivity index (χ4v) is 4.21. The molecule has 0 radical (unpaired) electrons. The summed E-state index contributed by atoms with van der Waals surface area (Å²) in [4.78, 5) is 13.6. The normalized spacial score (nSPS) is 11.1. The van der Waals surface area contributed by atoms with E-state index in [4.69, 9.17) is 9.72 Å². The molecule has 0 bridgehead atoms. The van der Waals surface area contributed by atoms with Crippen LogP contribution in [-0.2, 0) is 13.7 Å². The third-order valence-electron chi connectivity index (χ3n) is 5.48. The number of rotatable bonds is 6. The summed E-state index contributed by atoms with van der Waals surface area (Å²) in [5.74, 6) is 4.52. The lowest BCUT2D eigenvalue weighted by Crippen LogP contribution is -2.16. The molecule has 0 amide bonds. The van der Waals surface area contributed by atoms with Crippen molar-refractivity contribution in [1.29, 1.82) is 0 Å². The summed E-state index contributed by atoms with van der Waals surface area (Å²) < 4.78 is 7.87. The standard InChI is InChI=1S/C29H28N6OSi/c1-35-19-24(18-32-35)22-14-26(16-27(15-22)36-20-25-7-5-6-11-30-25)33-29-31-17-23-13-21(8-9-28(23)34-29)10-12-37(2,3)4/h5-9,11,13-19H,20H2,1-4H3,(H,31,33,34). The number of pyridine rings is 1. The summed E-state index contributed by atoms with van der Waals surface area (Å²) in [7, 11) is 0.459. The SMILES string of the molecule is Cn1cc(-c2cc(Nc3ncc4cc(C#C[Si](C)(C)C)ccc4n3)cc(OCc3ccccn3)c2)cn1. The molecule has 3 aromatic heterocycles. The summed E-state index contributed by atoms with van der Waals surface area (Å²) >= 11 is 0. The molecule has 0 unspecified atom stereocenters. The van der Waals surface area contributed by atoms with Gasteiger partial charge in [-0.2, -0.15) is 5.10 Å². The quantitative estimate of drug-likeness (QED) is 0.227. The van der Waals surface area contributed by atoms with Crippen LogP contribution in [0.1, 0.15) is 11.3 Å². The first-order valence-corrected chi connectivity index (χ1v) is 15.5. The Morgan fingerprint density at radius 2 is 1.86 bits per heavy atom. The highest BCUT2D eigenvalue weighted by molar-refractivity contribution is 6.83. The molecule has 0 aliphatic heterocycles. The maximum absolute atomic E-state index is 6.09. The van der Waals surface area contributed by atoms with E-state index in [1.807, 2.05) is 80.2 Å². The van der Waals surface area contributed by atoms with E-state index in [0.717, 1.165) is 39.0 Å². The Morgan fingerprint density at radius 1 is 0.973 bits per heavy atom. The van der Waals surface area contributed by atoms with Gasteiger partial charge in [-0.05, 0) is 48.0 Å². The van der Waals surface area contributed by atoms with Crippen LogP contribution in [0.2, 0.25) is 19.6 Å². The van der Waals surface area contributed by atoms with Gasteiger partial charge in [0, 0.05) is 53.9 Å². The Hall–Kier alpha value is -4.48. The summed E-state index contributed by atoms with van der Waals surface area (Å²) in [5, 5.41) is 8.61. The first-order valence-electron chi connectivity index (χ1n) is 12.0. The molecule has 1 N–H and O–H groups in total. The lowest BCUT2D eigenvalue weighted by atomic mass is 10.1. The van der Waals surface area contributed by atoms with Crippen LogP contribution < -0.4 is 10.1 Å². The molecular weight excluding hydrogens is 476 g/mol. The summed E-state index contributed by atoms with van der Waals surface area (Å²) in [6.07, 6.45) is 7.39. The van der Waals surface area contributed by atoms with Crippen LogP contribution in [-0.4, -0.2) is 32.8 Å². The van der Waals surface area contributed by atoms with Crippen LogP contribution in [0.4, 0.5) is 11.6 Å². The molecule has 0 fully saturated rings. The minimum atomic E-state index is -1.44. The maximum atomic E-state index is 6.09. The van der Waals surface area contributed by atoms with Gasteiger partial charge in [-0.3, -0.25) is 9.67 Å². The van der Waals surface area contributed by atoms with Gasteiger partial charge in [0.25, 0.3) is 0 Å². The third-order valence-corrected chi connectivity index (χ3v) is 6.35. The molecule has 3 heterocycles. The van der Waals surface area contributed by atoms with Gasteiger partial charge < -0.3 is 10.1 Å². The second kappa shape index (κ2) is 10.2. The molecule has 5 aromatic rings. The Labute approximate surface area is 217 Å². The molecule has 0 aliphatic rings. The largest absolute Gasteiger partial charge is 0.487 e. The Bertz CT molecular complexity index is 1610. The van der Waals surface area contributed by atoms with E-state index in [0.29, 0.717) is 18.3 Å². The zero-order valence-electron chi connectivity index (χ0n) is 21.4. The maximum Gasteiger partial charge on any atom is 0.227 e. The van der Waals surface area contributed by atoms with E-state index in [-0.39, 0.29) is 0 Å². The number of aryl methyl sites for hydroxylation is 1. The van der Waals surface area contributed by atoms with Crippen molar-refractivity contribution in [3.05, 3.63) is 90.6 Å². The minimum Gasteiger partial charge on any atom is -0.487 e. The fourth-order valence-electron chi connectivity index (χ4n) is 3.69. The molecule has 0 spiro atoms. The highest BCUT2D eigenvalue weighted by Gasteiger charge is 2.10. The van der Waals surface area contributed by atoms with Crippen LogP contribution in [0.3, 0.4) is 0 Å². The summed E-state index contributed by atoms with van der Waals surface area (Å²) in [6.45, 7) is 7.08. The molecule has 0 saturated carbocycles. The van der Waals surface area contributed by atoms with Crippen molar-refractivity contribution in [1.82, 2.24) is 24.7 Å². The third kappa shape index (κ3) is 6.40. The highest BCUT2D eigenvalue weighted by atomic mass is 28.3. The average molecular weight is 505 g/mol. The first-order chi connectivity index (χ1) is 17.8. The molecule has 2 aromatic carbocycles. The van der Waals surface area contributed by atoms with Gasteiger partial charge in [0.15, 0.2) is 0 Å². The highest BCUT2D eigenvalue weighted by Crippen LogP contribution is 2.30. The van der Waals surface area contributed by atoms with E-state index in [1.54, 1.807) is 10.9 Å². The lowest BCUT2D eigenvalue weighted by molar-refractivity contribution is 0.301. The molecule has 184 valence electrons. The van der Waals surface area contributed by atoms with Gasteiger partial charge in [-0.1, -0.05) is 31.6 Å². The van der Waals surface area contributed by atoms with Crippen molar-refractivity contribution in [2.24, 2.45) is 7.05 Å². The van der Waals surface area contributed by atoms with Gasteiger partial charge in [0.05, 0.1) is 17.4 Å². The Kier molecular flexibility index (Phi) is 6.71. The predicted molar refractivity (Wildman–Crippen MR) is 150 cm³/mol. The van der Waals surface area contributed by atoms with E-state index in [1.165, 1.54) is 0 Å². The van der Waals surface area contributed by atoms with E-state index in [9.17, 15) is 0 Å². The van der Waals surface area contributed by atoms with Crippen molar-refractivity contribution in [2.75, 3.05) is 5.32 Å². The van der Waals surface area contributed by atoms with Gasteiger partial charge >= 0.3 is 0 Å². The summed E-state index contributed by atoms with van der Waals surface area (Å²) in [6, 6.07) is 17.8. The monoisotopic (exact) mass is 504 g/mol. The first kappa shape index (κ1) is 24.2. The molecule has 5 rings (SSSR count). The van der Waals surface area contributed by atoms with Crippen molar-refractivity contribution in [3.63, 3.8) is 0 Å². The van der Waals surface area contributed by atoms with Crippen molar-refractivity contribution in [2.45, 2.75) is 26.2 Å². The van der Waals surface area contributed by atoms with Crippen LogP contribution in [0.5, 0.6) is 5.75 Å². The van der Waals surface area contributed by atoms with E-state index < -0.39 is 8.07 Å². The molecule has 37 heavy (non-hydrogen) atoms. The zero-order chi connectivity index (χ0) is 25.8. The van der Waals surface area contributed by atoms with Gasteiger partial charge in [0.2, 0.25) is 5.95 Å². The topological polar surface area (TPSA) is 77.8 Å². The molecular formula is C29H28N6OSi. The van der Waals surface area contributed by atoms with Crippen molar-refractivity contribution >= 4 is 30.6 Å². The number of anilines is 2. The number of ether oxygens (including phenoxy) is 1. The number of benzene rings is 2. The number of hydrogen-bond donors (Lipinski definition) is 1. The molecule has 0 aliphatic carbocycles. The van der Waals surface area contributed by atoms with Crippen molar-refractivity contribution in [3.8, 4) is 28.3 Å². The second-order valence-corrected chi connectivity index (χ2v) is 14.6. The lowest BCUT2D eigenvalue weighted by Gasteiger charge is -2.12. The van der Waals surface area contributed by atoms with Gasteiger partial charge in [-0.25, -0.2) is 9.97 Å². The summed E-state index contributed by atoms with van der Waals surface area (Å²) in [5.41, 5.74) is 8.87. The molecule has 0 saturated heterocycles. The van der Waals surface area contributed by atoms with Crippen LogP contribution >= 0.6 is 0 Å². The van der Waals surface area contributed by atoms with Gasteiger partial charge in [0.1, 0.15) is 20.4 Å². The van der Waals surface area contributed by atoms with Crippen molar-refractivity contribution < 1.29 is 4.74 Å². The fraction of sp³-hybridized carbons (Fsp3) is 0.172. The Balaban J connectivity index is 1.42. The smallest absolute Gasteiger partial charge is 0.227 e. The van der Waals surface area contributed by atoms with E-state index >= 15 is 0 Å². The van der Waals surface area contributed by atoms with Crippen LogP contribution in [0.15, 0.2) is 79.4 Å². The van der Waals surface area contributed by atoms with Crippen LogP contribution in [0.25, 0.3) is 22.0 Å². The number of fused-ring (bicyclic) bond motifs is 1. The van der Waals surface area contributed by atoms with Gasteiger partial charge in [-0.15, -0.1) is 5.54 Å². The number of hydrogen-bond acceptors (Lipinski definition) is 6. The number of aromatic nitrogens is 5. The number of nitrogens with one attached hydrogen (secondary N) is 1. The molecule has 7 nitrogen and oxygen atoms in total. The second-order valence-electron chi connectivity index (χ2n) is 9.85. The van der Waals surface area contributed by atoms with Crippen LogP contribution in [0, 0.1) is 11.5 Å². The molecule has 0 atom stereocenters. The van der Waals surface area contributed by atoms with E-state index in [2.05, 4.69) is 51.5 Å². The number of nitrogens with zero attached hydrogens (tertiary/aromatic N) is 5.